The molecular formula is C26H27N3O5S. The van der Waals surface area contributed by atoms with E-state index in [1.807, 2.05) is 37.3 Å². The van der Waals surface area contributed by atoms with Crippen molar-refractivity contribution in [3.05, 3.63) is 78.4 Å². The average molecular weight is 494 g/mol. The molecule has 0 unspecified atom stereocenters. The Morgan fingerprint density at radius 1 is 0.971 bits per heavy atom. The van der Waals surface area contributed by atoms with Crippen molar-refractivity contribution >= 4 is 33.0 Å². The number of carbonyl (C=O) groups excluding carboxylic acids is 1. The number of anilines is 3. The number of sulfonamides is 1. The lowest BCUT2D eigenvalue weighted by Gasteiger charge is -2.35. The molecule has 8 nitrogen and oxygen atoms in total. The first kappa shape index (κ1) is 23.2. The quantitative estimate of drug-likeness (QED) is 0.586. The highest BCUT2D eigenvalue weighted by atomic mass is 32.2. The maximum absolute atomic E-state index is 13.5. The lowest BCUT2D eigenvalue weighted by atomic mass is 10.1. The molecule has 1 fully saturated rings. The van der Waals surface area contributed by atoms with Crippen LogP contribution in [-0.4, -0.2) is 53.3 Å². The van der Waals surface area contributed by atoms with Gasteiger partial charge in [-0.1, -0.05) is 24.3 Å². The van der Waals surface area contributed by atoms with Gasteiger partial charge in [-0.15, -0.1) is 0 Å². The summed E-state index contributed by atoms with van der Waals surface area (Å²) >= 11 is 0. The number of hydrogen-bond donors (Lipinski definition) is 1. The van der Waals surface area contributed by atoms with Gasteiger partial charge in [0.2, 0.25) is 0 Å². The zero-order valence-electron chi connectivity index (χ0n) is 19.4. The minimum Gasteiger partial charge on any atom is -0.476 e. The highest BCUT2D eigenvalue weighted by Crippen LogP contribution is 2.38. The first-order chi connectivity index (χ1) is 16.9. The normalized spacial score (nSPS) is 17.9. The number of ether oxygens (including phenoxy) is 2. The van der Waals surface area contributed by atoms with Gasteiger partial charge in [0.05, 0.1) is 30.3 Å². The van der Waals surface area contributed by atoms with Crippen molar-refractivity contribution in [3.8, 4) is 5.75 Å². The molecule has 35 heavy (non-hydrogen) atoms. The van der Waals surface area contributed by atoms with Crippen molar-refractivity contribution in [2.24, 2.45) is 0 Å². The zero-order valence-corrected chi connectivity index (χ0v) is 20.2. The van der Waals surface area contributed by atoms with Crippen LogP contribution in [0.4, 0.5) is 17.1 Å². The van der Waals surface area contributed by atoms with E-state index in [9.17, 15) is 13.2 Å². The number of aryl methyl sites for hydroxylation is 1. The Morgan fingerprint density at radius 3 is 2.40 bits per heavy atom. The molecule has 0 radical (unpaired) electrons. The van der Waals surface area contributed by atoms with Crippen LogP contribution in [0.1, 0.15) is 5.56 Å². The van der Waals surface area contributed by atoms with Crippen molar-refractivity contribution in [2.75, 3.05) is 47.4 Å². The van der Waals surface area contributed by atoms with Gasteiger partial charge in [0.25, 0.3) is 15.9 Å². The van der Waals surface area contributed by atoms with Crippen LogP contribution in [0.3, 0.4) is 0 Å². The van der Waals surface area contributed by atoms with E-state index in [0.29, 0.717) is 30.3 Å². The van der Waals surface area contributed by atoms with Crippen LogP contribution in [0.25, 0.3) is 0 Å². The summed E-state index contributed by atoms with van der Waals surface area (Å²) in [5, 5.41) is 2.87. The van der Waals surface area contributed by atoms with E-state index >= 15 is 0 Å². The van der Waals surface area contributed by atoms with Gasteiger partial charge < -0.3 is 19.7 Å². The summed E-state index contributed by atoms with van der Waals surface area (Å²) in [4.78, 5) is 15.6. The number of nitrogens with zero attached hydrogens (tertiary/aromatic N) is 2. The van der Waals surface area contributed by atoms with E-state index in [1.165, 1.54) is 4.31 Å². The number of nitrogens with one attached hydrogen (secondary N) is 1. The third-order valence-corrected chi connectivity index (χ3v) is 7.91. The van der Waals surface area contributed by atoms with E-state index in [-0.39, 0.29) is 11.4 Å². The Kier molecular flexibility index (Phi) is 6.36. The van der Waals surface area contributed by atoms with Gasteiger partial charge in [-0.3, -0.25) is 9.10 Å². The number of amides is 1. The van der Waals surface area contributed by atoms with Gasteiger partial charge >= 0.3 is 0 Å². The molecule has 0 aromatic heterocycles. The molecule has 1 atom stereocenters. The number of benzene rings is 3. The summed E-state index contributed by atoms with van der Waals surface area (Å²) in [5.41, 5.74) is 2.99. The van der Waals surface area contributed by atoms with E-state index in [2.05, 4.69) is 10.2 Å². The highest BCUT2D eigenvalue weighted by Gasteiger charge is 2.37. The molecule has 3 aromatic rings. The average Bonchev–Trinajstić information content (AvgIpc) is 2.89. The number of carbonyl (C=O) groups is 1. The van der Waals surface area contributed by atoms with Crippen molar-refractivity contribution < 1.29 is 22.7 Å². The summed E-state index contributed by atoms with van der Waals surface area (Å²) in [6.07, 6.45) is -1.01. The molecule has 182 valence electrons. The molecular weight excluding hydrogens is 466 g/mol. The summed E-state index contributed by atoms with van der Waals surface area (Å²) < 4.78 is 39.6. The van der Waals surface area contributed by atoms with Gasteiger partial charge in [-0.2, -0.15) is 0 Å². The zero-order chi connectivity index (χ0) is 24.4. The van der Waals surface area contributed by atoms with Gasteiger partial charge in [0.15, 0.2) is 6.10 Å². The summed E-state index contributed by atoms with van der Waals surface area (Å²) in [7, 11) is -3.89. The lowest BCUT2D eigenvalue weighted by molar-refractivity contribution is -0.122. The topological polar surface area (TPSA) is 88.2 Å². The summed E-state index contributed by atoms with van der Waals surface area (Å²) in [5.74, 6) is -0.0527. The summed E-state index contributed by atoms with van der Waals surface area (Å²) in [6.45, 7) is 4.80. The van der Waals surface area contributed by atoms with Gasteiger partial charge in [-0.05, 0) is 61.0 Å². The molecule has 1 saturated heterocycles. The Bertz CT molecular complexity index is 1310. The second kappa shape index (κ2) is 9.59. The third-order valence-electron chi connectivity index (χ3n) is 6.12. The number of morpholine rings is 1. The fraction of sp³-hybridized carbons (Fsp3) is 0.269. The molecule has 0 bridgehead atoms. The molecule has 0 aliphatic carbocycles. The molecule has 5 rings (SSSR count). The van der Waals surface area contributed by atoms with Crippen LogP contribution >= 0.6 is 0 Å². The monoisotopic (exact) mass is 493 g/mol. The molecule has 1 N–H and O–H groups in total. The van der Waals surface area contributed by atoms with Crippen LogP contribution in [0.15, 0.2) is 77.7 Å². The van der Waals surface area contributed by atoms with Crippen molar-refractivity contribution in [1.82, 2.24) is 0 Å². The Balaban J connectivity index is 1.37. The molecule has 0 saturated carbocycles. The number of hydrogen-bond acceptors (Lipinski definition) is 6. The first-order valence-corrected chi connectivity index (χ1v) is 12.9. The smallest absolute Gasteiger partial charge is 0.267 e. The molecule has 2 aliphatic heterocycles. The van der Waals surface area contributed by atoms with E-state index in [0.717, 1.165) is 24.3 Å². The maximum Gasteiger partial charge on any atom is 0.267 e. The standard InChI is InChI=1S/C26H27N3O5S/c1-19-7-12-23-24(17-19)34-25(18-29(23)35(31,32)22-5-3-2-4-6-22)26(30)27-20-8-10-21(11-9-20)28-13-15-33-16-14-28/h2-12,17,25H,13-16,18H2,1H3,(H,27,30)/t25-/m0/s1. The van der Waals surface area contributed by atoms with Gasteiger partial charge in [-0.25, -0.2) is 8.42 Å². The van der Waals surface area contributed by atoms with Crippen molar-refractivity contribution in [2.45, 2.75) is 17.9 Å². The van der Waals surface area contributed by atoms with Crippen LogP contribution in [-0.2, 0) is 19.6 Å². The Hall–Kier alpha value is -3.56. The maximum atomic E-state index is 13.5. The second-order valence-electron chi connectivity index (χ2n) is 8.56. The largest absolute Gasteiger partial charge is 0.476 e. The van der Waals surface area contributed by atoms with Crippen LogP contribution in [0.5, 0.6) is 5.75 Å². The SMILES string of the molecule is Cc1ccc2c(c1)O[C@H](C(=O)Nc1ccc(N3CCOCC3)cc1)CN2S(=O)(=O)c1ccccc1. The van der Waals surface area contributed by atoms with E-state index in [1.54, 1.807) is 42.5 Å². The van der Waals surface area contributed by atoms with Crippen LogP contribution < -0.4 is 19.3 Å². The minimum atomic E-state index is -3.89. The molecule has 0 spiro atoms. The minimum absolute atomic E-state index is 0.134. The molecule has 1 amide bonds. The Labute approximate surface area is 205 Å². The number of fused-ring (bicyclic) bond motifs is 1. The summed E-state index contributed by atoms with van der Waals surface area (Å²) in [6, 6.07) is 21.1. The fourth-order valence-electron chi connectivity index (χ4n) is 4.24. The first-order valence-electron chi connectivity index (χ1n) is 11.5. The Morgan fingerprint density at radius 2 is 1.69 bits per heavy atom. The fourth-order valence-corrected chi connectivity index (χ4v) is 5.74. The molecule has 2 aliphatic rings. The highest BCUT2D eigenvalue weighted by molar-refractivity contribution is 7.92. The van der Waals surface area contributed by atoms with Gasteiger partial charge in [0, 0.05) is 24.5 Å². The van der Waals surface area contributed by atoms with E-state index < -0.39 is 22.0 Å². The van der Waals surface area contributed by atoms with Gasteiger partial charge in [0.1, 0.15) is 5.75 Å². The van der Waals surface area contributed by atoms with E-state index in [4.69, 9.17) is 9.47 Å². The molecule has 9 heteroatoms. The van der Waals surface area contributed by atoms with Crippen molar-refractivity contribution in [3.63, 3.8) is 0 Å². The second-order valence-corrected chi connectivity index (χ2v) is 10.4. The predicted octanol–water partition coefficient (Wildman–Crippen LogP) is 3.43. The van der Waals surface area contributed by atoms with Crippen LogP contribution in [0, 0.1) is 6.92 Å². The molecule has 2 heterocycles. The van der Waals surface area contributed by atoms with Crippen molar-refractivity contribution in [1.29, 1.82) is 0 Å². The lowest BCUT2D eigenvalue weighted by Crippen LogP contribution is -2.48. The van der Waals surface area contributed by atoms with Crippen LogP contribution in [0.2, 0.25) is 0 Å². The number of rotatable bonds is 5. The predicted molar refractivity (Wildman–Crippen MR) is 135 cm³/mol. The molecule has 3 aromatic carbocycles. The third kappa shape index (κ3) is 4.82.